The number of fused-ring (bicyclic) bond motifs is 4. The zero-order valence-corrected chi connectivity index (χ0v) is 46.5. The lowest BCUT2D eigenvalue weighted by molar-refractivity contribution is -0.363. The van der Waals surface area contributed by atoms with Gasteiger partial charge in [-0.15, -0.1) is 0 Å². The molecule has 22 heteroatoms. The normalized spacial score (nSPS) is 14.4. The molecule has 0 amide bonds. The Morgan fingerprint density at radius 3 is 1.53 bits per heavy atom. The van der Waals surface area contributed by atoms with Gasteiger partial charge in [0.05, 0.1) is 47.6 Å². The maximum atomic E-state index is 17.8. The number of halogens is 11. The van der Waals surface area contributed by atoms with Crippen LogP contribution in [0.5, 0.6) is 17.2 Å². The van der Waals surface area contributed by atoms with E-state index in [1.165, 1.54) is 66.2 Å². The van der Waals surface area contributed by atoms with Crippen LogP contribution < -0.4 is 14.2 Å². The van der Waals surface area contributed by atoms with Gasteiger partial charge in [0.2, 0.25) is 0 Å². The number of carbonyl (C=O) groups excluding carboxylic acids is 3. The van der Waals surface area contributed by atoms with Crippen LogP contribution >= 0.6 is 0 Å². The number of ether oxygens (including phenoxy) is 5. The number of aromatic nitrogens is 1. The van der Waals surface area contributed by atoms with Crippen molar-refractivity contribution in [3.63, 3.8) is 0 Å². The number of benzene rings is 8. The SMILES string of the molecule is COc1cc(OC(=O)CCCc2ccc3c4ccc(C(F)(F)F)c5c(C(F)(F)F)ccc(c6ccc(C(F)(F)F)c2c36)c54)cc(OC)c1C1=C2C(C)=C(C(=O)OCc3ccccc3)C(C)=[N+]2[B-](F)(F)n2c(C)c(C(=O)OCc3ccccc3)c(C)c21. The predicted octanol–water partition coefficient (Wildman–Crippen LogP) is 16.1. The molecule has 0 radical (unpaired) electrons. The number of nitrogens with zero attached hydrogens (tertiary/aromatic N) is 2. The molecule has 10 nitrogen and oxygen atoms in total. The summed E-state index contributed by atoms with van der Waals surface area (Å²) in [7, 11) is 2.51. The summed E-state index contributed by atoms with van der Waals surface area (Å²) in [6, 6.07) is 27.3. The molecule has 8 aromatic carbocycles. The van der Waals surface area contributed by atoms with Gasteiger partial charge in [-0.3, -0.25) is 4.79 Å². The average molecular weight is 1190 g/mol. The van der Waals surface area contributed by atoms with Crippen molar-refractivity contribution in [2.75, 3.05) is 14.2 Å². The van der Waals surface area contributed by atoms with Gasteiger partial charge in [-0.2, -0.15) is 39.5 Å². The first-order chi connectivity index (χ1) is 40.7. The molecule has 9 aromatic rings. The van der Waals surface area contributed by atoms with Crippen molar-refractivity contribution < 1.29 is 90.7 Å². The second-order valence-electron chi connectivity index (χ2n) is 21.0. The third kappa shape index (κ3) is 9.71. The molecule has 2 aliphatic rings. The van der Waals surface area contributed by atoms with Gasteiger partial charge in [0.15, 0.2) is 5.70 Å². The Morgan fingerprint density at radius 1 is 0.581 bits per heavy atom. The molecule has 0 bridgehead atoms. The van der Waals surface area contributed by atoms with Gasteiger partial charge in [0, 0.05) is 42.1 Å². The van der Waals surface area contributed by atoms with Crippen LogP contribution in [0.3, 0.4) is 0 Å². The van der Waals surface area contributed by atoms with E-state index in [0.29, 0.717) is 23.3 Å². The maximum Gasteiger partial charge on any atom is 0.737 e. The van der Waals surface area contributed by atoms with E-state index in [4.69, 9.17) is 23.7 Å². The van der Waals surface area contributed by atoms with Crippen LogP contribution in [0.2, 0.25) is 0 Å². The molecular weight excluding hydrogens is 1140 g/mol. The first-order valence-electron chi connectivity index (χ1n) is 26.8. The van der Waals surface area contributed by atoms with Crippen LogP contribution in [0.15, 0.2) is 138 Å². The minimum absolute atomic E-state index is 0.0198. The van der Waals surface area contributed by atoms with Crippen LogP contribution in [0.1, 0.15) is 92.9 Å². The number of alkyl halides is 9. The zero-order chi connectivity index (χ0) is 61.7. The molecule has 11 rings (SSSR count). The fourth-order valence-corrected chi connectivity index (χ4v) is 12.4. The van der Waals surface area contributed by atoms with E-state index in [1.54, 1.807) is 60.7 Å². The molecule has 2 aliphatic heterocycles. The third-order valence-electron chi connectivity index (χ3n) is 16.0. The third-order valence-corrected chi connectivity index (χ3v) is 16.0. The highest BCUT2D eigenvalue weighted by molar-refractivity contribution is 6.59. The molecule has 0 fully saturated rings. The fourth-order valence-electron chi connectivity index (χ4n) is 12.4. The quantitative estimate of drug-likeness (QED) is 0.0265. The van der Waals surface area contributed by atoms with Crippen molar-refractivity contribution in [1.82, 2.24) is 4.48 Å². The van der Waals surface area contributed by atoms with E-state index in [9.17, 15) is 40.7 Å². The Labute approximate surface area is 482 Å². The molecule has 0 saturated heterocycles. The molecule has 0 unspecified atom stereocenters. The highest BCUT2D eigenvalue weighted by Gasteiger charge is 2.59. The number of hydrogen-bond donors (Lipinski definition) is 0. The van der Waals surface area contributed by atoms with E-state index in [-0.39, 0.29) is 137 Å². The molecule has 0 atom stereocenters. The molecule has 442 valence electrons. The number of rotatable bonds is 14. The van der Waals surface area contributed by atoms with E-state index in [1.807, 2.05) is 0 Å². The largest absolute Gasteiger partial charge is 0.737 e. The molecule has 0 saturated carbocycles. The van der Waals surface area contributed by atoms with Gasteiger partial charge >= 0.3 is 43.4 Å². The number of allylic oxidation sites excluding steroid dienone is 1. The van der Waals surface area contributed by atoms with E-state index >= 15 is 21.8 Å². The summed E-state index contributed by atoms with van der Waals surface area (Å²) in [6.45, 7) is 0.382. The minimum atomic E-state index is -5.23. The Balaban J connectivity index is 0.963. The van der Waals surface area contributed by atoms with Crippen molar-refractivity contribution in [2.24, 2.45) is 0 Å². The Kier molecular flexibility index (Phi) is 14.6. The number of hydrogen-bond acceptors (Lipinski definition) is 8. The predicted molar refractivity (Wildman–Crippen MR) is 300 cm³/mol. The summed E-state index contributed by atoms with van der Waals surface area (Å²) in [5, 5.41) is -2.28. The first kappa shape index (κ1) is 58.6. The molecule has 3 heterocycles. The van der Waals surface area contributed by atoms with Gasteiger partial charge in [-0.1, -0.05) is 91.0 Å². The summed E-state index contributed by atoms with van der Waals surface area (Å²) >= 11 is 0. The van der Waals surface area contributed by atoms with E-state index < -0.39 is 77.3 Å². The van der Waals surface area contributed by atoms with Crippen molar-refractivity contribution in [2.45, 2.75) is 78.7 Å². The van der Waals surface area contributed by atoms with E-state index in [2.05, 4.69) is 0 Å². The standard InChI is InChI=1S/C64H48BF11N2O8/c1-32-50(60(80)84-30-36-14-9-7-10-15-36)34(3)77-58(32)57(59-33(2)51(35(4)78(59)65(77,75)76)61(81)85-31-37-16-11-8-12-17-37)56-47(82-5)28-39(29-48(56)83-6)86-49(79)19-13-18-38-20-21-40-42-23-26-45(63(69,70)71)55-46(64(72,73)74)27-24-43(54(42)55)41-22-25-44(62(66,67)68)52(38)53(40)41/h7-12,14-17,20-29H,13,18-19,30-31H2,1-6H3. The summed E-state index contributed by atoms with van der Waals surface area (Å²) in [5.74, 6) is -3.07. The highest BCUT2D eigenvalue weighted by atomic mass is 19.4. The lowest BCUT2D eigenvalue weighted by Crippen LogP contribution is -2.51. The highest BCUT2D eigenvalue weighted by Crippen LogP contribution is 2.54. The van der Waals surface area contributed by atoms with Gasteiger partial charge in [-0.05, 0) is 117 Å². The number of esters is 3. The van der Waals surface area contributed by atoms with Crippen molar-refractivity contribution >= 4 is 79.3 Å². The Bertz CT molecular complexity index is 4320. The van der Waals surface area contributed by atoms with Gasteiger partial charge in [0.1, 0.15) is 41.7 Å². The lowest BCUT2D eigenvalue weighted by atomic mass is 9.83. The average Bonchev–Trinajstić information content (AvgIpc) is 1.34. The monoisotopic (exact) mass is 1190 g/mol. The molecule has 86 heavy (non-hydrogen) atoms. The van der Waals surface area contributed by atoms with Crippen LogP contribution in [-0.4, -0.2) is 53.8 Å². The number of aryl methyl sites for hydroxylation is 1. The molecule has 0 spiro atoms. The van der Waals surface area contributed by atoms with E-state index in [0.717, 1.165) is 33.2 Å². The van der Waals surface area contributed by atoms with Gasteiger partial charge < -0.3 is 41.3 Å². The topological polar surface area (TPSA) is 105 Å². The summed E-state index contributed by atoms with van der Waals surface area (Å²) < 4.78 is 198. The van der Waals surface area contributed by atoms with Crippen LogP contribution in [0.4, 0.5) is 48.1 Å². The summed E-state index contributed by atoms with van der Waals surface area (Å²) in [5.41, 5.74) is -3.64. The van der Waals surface area contributed by atoms with Crippen molar-refractivity contribution in [3.8, 4) is 17.2 Å². The van der Waals surface area contributed by atoms with Crippen LogP contribution in [-0.2, 0) is 57.2 Å². The maximum absolute atomic E-state index is 17.8. The first-order valence-corrected chi connectivity index (χ1v) is 26.8. The lowest BCUT2D eigenvalue weighted by Gasteiger charge is -2.34. The van der Waals surface area contributed by atoms with Crippen LogP contribution in [0.25, 0.3) is 48.7 Å². The zero-order valence-electron chi connectivity index (χ0n) is 46.5. The second kappa shape index (κ2) is 21.4. The smallest absolute Gasteiger partial charge is 0.496 e. The number of carbonyl (C=O) groups is 3. The van der Waals surface area contributed by atoms with Crippen molar-refractivity contribution in [3.05, 3.63) is 200 Å². The Hall–Kier alpha value is -9.21. The van der Waals surface area contributed by atoms with Crippen molar-refractivity contribution in [1.29, 1.82) is 0 Å². The fraction of sp³-hybridized carbons (Fsp3) is 0.219. The van der Waals surface area contributed by atoms with Gasteiger partial charge in [-0.25, -0.2) is 9.59 Å². The minimum Gasteiger partial charge on any atom is -0.496 e. The van der Waals surface area contributed by atoms with Gasteiger partial charge in [0.25, 0.3) is 0 Å². The molecule has 1 aromatic heterocycles. The summed E-state index contributed by atoms with van der Waals surface area (Å²) in [4.78, 5) is 42.0. The second-order valence-corrected chi connectivity index (χ2v) is 21.0. The van der Waals surface area contributed by atoms with Crippen LogP contribution in [0, 0.1) is 13.8 Å². The Morgan fingerprint density at radius 2 is 1.05 bits per heavy atom. The molecule has 0 aliphatic carbocycles. The number of methoxy groups -OCH3 is 2. The summed E-state index contributed by atoms with van der Waals surface area (Å²) in [6.07, 6.45) is -16.2. The molecular formula is C64H48BF11N2O8. The molecule has 0 N–H and O–H groups in total.